The van der Waals surface area contributed by atoms with Gasteiger partial charge in [-0.1, -0.05) is 16.9 Å². The molecule has 0 aliphatic carbocycles. The molecule has 0 bridgehead atoms. The van der Waals surface area contributed by atoms with Crippen molar-refractivity contribution in [2.45, 2.75) is 88.2 Å². The number of aromatic nitrogens is 2. The fourth-order valence-electron chi connectivity index (χ4n) is 7.75. The van der Waals surface area contributed by atoms with Gasteiger partial charge in [0.25, 0.3) is 0 Å². The first-order valence-electron chi connectivity index (χ1n) is 22.1. The molecule has 370 valence electrons. The third kappa shape index (κ3) is 14.1. The summed E-state index contributed by atoms with van der Waals surface area (Å²) in [5.74, 6) is 1.03. The molecule has 3 amide bonds. The summed E-state index contributed by atoms with van der Waals surface area (Å²) in [6, 6.07) is 19.3. The van der Waals surface area contributed by atoms with E-state index in [9.17, 15) is 19.2 Å². The van der Waals surface area contributed by atoms with Gasteiger partial charge in [-0.15, -0.1) is 11.8 Å². The number of carbonyl (C=O) groups is 3. The van der Waals surface area contributed by atoms with Crippen LogP contribution in [0.4, 0.5) is 21.0 Å². The number of hydrogen-bond acceptors (Lipinski definition) is 16. The number of rotatable bonds is 9. The molecule has 2 atom stereocenters. The van der Waals surface area contributed by atoms with E-state index in [-0.39, 0.29) is 42.4 Å². The minimum atomic E-state index is -0.729. The topological polar surface area (TPSA) is 230 Å². The SMILES string of the molecule is COc1ccc(C2=NCc3ccc(N)cc32)cn1.COc1ccc(C2=NCc3ccc(NC(=O)[C@]4(SC)CCN(C(=O)OC(C)(C)C)C4)cc32)cn1.CS[C@@]1([C-]=O)CCN(C(=O)OC(C)(C)C)C1.[Li+].[OH-]. The van der Waals surface area contributed by atoms with Crippen molar-refractivity contribution in [3.05, 3.63) is 106 Å². The molecule has 2 saturated heterocycles. The van der Waals surface area contributed by atoms with Gasteiger partial charge in [0, 0.05) is 84.3 Å². The fraction of sp³-hybridized carbons (Fsp3) is 0.440. The van der Waals surface area contributed by atoms with E-state index in [1.54, 1.807) is 42.5 Å². The Bertz CT molecular complexity index is 2550. The van der Waals surface area contributed by atoms with Crippen molar-refractivity contribution in [1.82, 2.24) is 19.8 Å². The first-order chi connectivity index (χ1) is 32.2. The predicted molar refractivity (Wildman–Crippen MR) is 271 cm³/mol. The molecule has 2 aromatic carbocycles. The van der Waals surface area contributed by atoms with Gasteiger partial charge in [0.2, 0.25) is 17.7 Å². The summed E-state index contributed by atoms with van der Waals surface area (Å²) in [4.78, 5) is 69.4. The van der Waals surface area contributed by atoms with Crippen LogP contribution >= 0.6 is 23.5 Å². The molecule has 2 aromatic heterocycles. The Kier molecular flexibility index (Phi) is 19.6. The number of nitrogens with zero attached hydrogens (tertiary/aromatic N) is 6. The quantitative estimate of drug-likeness (QED) is 0.130. The summed E-state index contributed by atoms with van der Waals surface area (Å²) < 4.78 is 19.7. The number of methoxy groups -OCH3 is 2. The van der Waals surface area contributed by atoms with Crippen LogP contribution in [0.25, 0.3) is 0 Å². The van der Waals surface area contributed by atoms with Gasteiger partial charge in [0.1, 0.15) is 15.9 Å². The summed E-state index contributed by atoms with van der Waals surface area (Å²) in [6.07, 6.45) is 9.80. The standard InChI is InChI=1S/C25H30N4O4S.C14H13N3O.C11H18NO3S.Li.H2O/c1-24(2,3)33-23(31)29-11-10-25(15-29,34-5)22(30)28-18-8-6-16-13-27-21(19(16)12-18)17-7-9-20(32-4)26-14-17;1-18-13-5-3-10(8-16-13)14-12-6-11(15)4-2-9(12)7-17-14;1-10(2,3)15-9(14)12-6-5-11(7-12,8-13)16-4;;/h6-9,12,14H,10-11,13,15H2,1-5H3,(H,28,30);2-6,8H,7,15H2,1H3;5-7H2,1-4H3;;1H2/q;;-1;+1;/p-1/t25-;;11-;;/m0.0../s1. The van der Waals surface area contributed by atoms with Gasteiger partial charge in [-0.2, -0.15) is 11.8 Å². The second-order valence-corrected chi connectivity index (χ2v) is 20.9. The third-order valence-corrected chi connectivity index (χ3v) is 13.9. The molecule has 2 fully saturated rings. The summed E-state index contributed by atoms with van der Waals surface area (Å²) in [5.41, 5.74) is 14.3. The van der Waals surface area contributed by atoms with Gasteiger partial charge in [-0.3, -0.25) is 14.8 Å². The Morgan fingerprint density at radius 2 is 1.21 bits per heavy atom. The summed E-state index contributed by atoms with van der Waals surface area (Å²) in [5, 5.41) is 3.07. The maximum atomic E-state index is 13.4. The predicted octanol–water partition coefficient (Wildman–Crippen LogP) is 4.81. The average Bonchev–Trinajstić information content (AvgIpc) is 4.14. The van der Waals surface area contributed by atoms with Crippen molar-refractivity contribution in [3.8, 4) is 11.8 Å². The van der Waals surface area contributed by atoms with Crippen LogP contribution in [-0.4, -0.2) is 135 Å². The molecule has 17 nitrogen and oxygen atoms in total. The molecule has 0 radical (unpaired) electrons. The molecular formula is C50H62LiN8O9S2-. The number of fused-ring (bicyclic) bond motifs is 2. The largest absolute Gasteiger partial charge is 1.00 e. The number of benzene rings is 2. The first-order valence-corrected chi connectivity index (χ1v) is 24.6. The molecule has 6 heterocycles. The maximum Gasteiger partial charge on any atom is 1.00 e. The van der Waals surface area contributed by atoms with Crippen LogP contribution in [0.2, 0.25) is 0 Å². The van der Waals surface area contributed by atoms with E-state index in [2.05, 4.69) is 25.3 Å². The zero-order valence-electron chi connectivity index (χ0n) is 41.9. The van der Waals surface area contributed by atoms with Crippen LogP contribution < -0.4 is 39.4 Å². The monoisotopic (exact) mass is 989 g/mol. The Morgan fingerprint density at radius 3 is 1.66 bits per heavy atom. The number of aliphatic imine (C=N–C) groups is 2. The Morgan fingerprint density at radius 1 is 0.714 bits per heavy atom. The average molecular weight is 990 g/mol. The molecular weight excluding hydrogens is 928 g/mol. The van der Waals surface area contributed by atoms with Gasteiger partial charge in [-0.25, -0.2) is 25.8 Å². The molecule has 0 saturated carbocycles. The van der Waals surface area contributed by atoms with Crippen molar-refractivity contribution in [2.24, 2.45) is 9.98 Å². The van der Waals surface area contributed by atoms with Crippen molar-refractivity contribution in [3.63, 3.8) is 0 Å². The molecule has 70 heavy (non-hydrogen) atoms. The second kappa shape index (κ2) is 24.0. The van der Waals surface area contributed by atoms with Crippen LogP contribution in [0.15, 0.2) is 83.0 Å². The van der Waals surface area contributed by atoms with Gasteiger partial charge < -0.3 is 50.1 Å². The number of hydrogen-bond donors (Lipinski definition) is 2. The van der Waals surface area contributed by atoms with Crippen molar-refractivity contribution in [2.75, 3.05) is 64.0 Å². The van der Waals surface area contributed by atoms with Gasteiger partial charge >= 0.3 is 31.0 Å². The zero-order chi connectivity index (χ0) is 49.4. The summed E-state index contributed by atoms with van der Waals surface area (Å²) in [6.45, 7) is 14.0. The normalized spacial score (nSPS) is 18.7. The first kappa shape index (κ1) is 57.0. The molecule has 8 rings (SSSR count). The van der Waals surface area contributed by atoms with Crippen molar-refractivity contribution in [1.29, 1.82) is 0 Å². The van der Waals surface area contributed by atoms with Gasteiger partial charge in [-0.05, 0) is 114 Å². The number of ether oxygens (including phenoxy) is 4. The number of nitrogens with two attached hydrogens (primary N) is 1. The number of nitrogens with one attached hydrogen (secondary N) is 1. The molecule has 4 N–H and O–H groups in total. The smallest absolute Gasteiger partial charge is 0.870 e. The van der Waals surface area contributed by atoms with Crippen LogP contribution in [0.1, 0.15) is 87.8 Å². The molecule has 0 spiro atoms. The van der Waals surface area contributed by atoms with Crippen LogP contribution in [0.3, 0.4) is 0 Å². The number of anilines is 2. The number of thioether (sulfide) groups is 2. The Labute approximate surface area is 431 Å². The van der Waals surface area contributed by atoms with E-state index in [1.165, 1.54) is 29.1 Å². The van der Waals surface area contributed by atoms with Gasteiger partial charge in [0.05, 0.1) is 38.7 Å². The number of likely N-dealkylation sites (tertiary alicyclic amines) is 2. The minimum absolute atomic E-state index is 0. The zero-order valence-corrected chi connectivity index (χ0v) is 43.5. The summed E-state index contributed by atoms with van der Waals surface area (Å²) in [7, 11) is 3.18. The third-order valence-electron chi connectivity index (χ3n) is 11.4. The fourth-order valence-corrected chi connectivity index (χ4v) is 9.23. The number of nitrogen functional groups attached to an aromatic ring is 1. The van der Waals surface area contributed by atoms with Crippen LogP contribution in [0.5, 0.6) is 11.8 Å². The van der Waals surface area contributed by atoms with E-state index < -0.39 is 20.7 Å². The van der Waals surface area contributed by atoms with E-state index >= 15 is 0 Å². The van der Waals surface area contributed by atoms with E-state index in [4.69, 9.17) is 24.7 Å². The van der Waals surface area contributed by atoms with E-state index in [0.717, 1.165) is 44.9 Å². The molecule has 0 unspecified atom stereocenters. The van der Waals surface area contributed by atoms with Crippen molar-refractivity contribution >= 4 is 70.7 Å². The van der Waals surface area contributed by atoms with Crippen LogP contribution in [-0.2, 0) is 32.2 Å². The molecule has 4 aliphatic heterocycles. The second-order valence-electron chi connectivity index (χ2n) is 18.6. The molecule has 20 heteroatoms. The Balaban J connectivity index is 0.000000249. The molecule has 4 aliphatic rings. The minimum Gasteiger partial charge on any atom is -0.870 e. The van der Waals surface area contributed by atoms with Gasteiger partial charge in [0.15, 0.2) is 0 Å². The Hall–Kier alpha value is -5.58. The van der Waals surface area contributed by atoms with Crippen LogP contribution in [0, 0.1) is 0 Å². The van der Waals surface area contributed by atoms with E-state index in [0.29, 0.717) is 69.6 Å². The number of pyridine rings is 2. The summed E-state index contributed by atoms with van der Waals surface area (Å²) >= 11 is 2.91. The van der Waals surface area contributed by atoms with Crippen molar-refractivity contribution < 1.29 is 62.5 Å². The molecule has 4 aromatic rings. The number of amides is 3. The number of carbonyl (C=O) groups excluding carboxylic acids is 4. The maximum absolute atomic E-state index is 13.4. The van der Waals surface area contributed by atoms with E-state index in [1.807, 2.05) is 115 Å².